The van der Waals surface area contributed by atoms with Crippen LogP contribution in [0, 0.1) is 165 Å². The lowest BCUT2D eigenvalue weighted by atomic mass is 9.73. The van der Waals surface area contributed by atoms with Gasteiger partial charge in [0.05, 0.1) is 29.7 Å². The van der Waals surface area contributed by atoms with E-state index in [0.717, 1.165) is 71.7 Å². The number of anilines is 1. The van der Waals surface area contributed by atoms with Crippen LogP contribution in [0.1, 0.15) is 68.2 Å². The molecule has 2 aromatic carbocycles. The average molecular weight is 896 g/mol. The Labute approximate surface area is 410 Å². The highest BCUT2D eigenvalue weighted by Gasteiger charge is 2.46. The molecule has 0 radical (unpaired) electrons. The Morgan fingerprint density at radius 3 is 1.85 bits per heavy atom. The fourth-order valence-corrected chi connectivity index (χ4v) is 6.93. The number of nitrogens with two attached hydrogens (primary N) is 2. The van der Waals surface area contributed by atoms with Crippen molar-refractivity contribution < 1.29 is 14.3 Å². The van der Waals surface area contributed by atoms with Crippen LogP contribution in [-0.4, -0.2) is 33.8 Å². The van der Waals surface area contributed by atoms with Gasteiger partial charge >= 0.3 is 0 Å². The molecular weight excluding hydrogens is 843 g/mol. The van der Waals surface area contributed by atoms with Crippen LogP contribution in [0.25, 0.3) is 10.9 Å². The topological polar surface area (TPSA) is 192 Å². The first-order chi connectivity index (χ1) is 33.5. The van der Waals surface area contributed by atoms with Gasteiger partial charge in [0.15, 0.2) is 0 Å². The molecule has 68 heavy (non-hydrogen) atoms. The van der Waals surface area contributed by atoms with Crippen molar-refractivity contribution in [3.8, 4) is 154 Å². The van der Waals surface area contributed by atoms with Crippen molar-refractivity contribution in [2.24, 2.45) is 48.1 Å². The van der Waals surface area contributed by atoms with Gasteiger partial charge in [-0.15, -0.1) is 6.42 Å². The number of nitrogens with one attached hydrogen (secondary N) is 1. The summed E-state index contributed by atoms with van der Waals surface area (Å²) in [5.74, 6) is 67.3. The third kappa shape index (κ3) is 14.4. The van der Waals surface area contributed by atoms with Crippen molar-refractivity contribution in [1.82, 2.24) is 15.0 Å². The van der Waals surface area contributed by atoms with Gasteiger partial charge in [-0.1, -0.05) is 53.6 Å². The summed E-state index contributed by atoms with van der Waals surface area (Å²) in [6.45, 7) is 4.18. The number of pyridine rings is 1. The first-order valence-corrected chi connectivity index (χ1v) is 20.1. The lowest BCUT2D eigenvalue weighted by Crippen LogP contribution is -2.44. The van der Waals surface area contributed by atoms with Gasteiger partial charge in [-0.3, -0.25) is 9.98 Å². The van der Waals surface area contributed by atoms with Crippen LogP contribution < -0.4 is 16.5 Å². The second-order valence-electron chi connectivity index (χ2n) is 13.5. The molecule has 0 bridgehead atoms. The zero-order chi connectivity index (χ0) is 47.9. The second kappa shape index (κ2) is 27.3. The van der Waals surface area contributed by atoms with Crippen molar-refractivity contribution in [1.29, 1.82) is 5.53 Å². The molecule has 2 aliphatic heterocycles. The number of rotatable bonds is 4. The Morgan fingerprint density at radius 1 is 0.706 bits per heavy atom. The summed E-state index contributed by atoms with van der Waals surface area (Å²) in [7, 11) is 0. The fraction of sp³-hybridized carbons (Fsp3) is 0.164. The normalized spacial score (nSPS) is 12.9. The first kappa shape index (κ1) is 48.3. The molecule has 13 nitrogen and oxygen atoms in total. The Morgan fingerprint density at radius 2 is 1.29 bits per heavy atom. The predicted octanol–water partition coefficient (Wildman–Crippen LogP) is 7.98. The van der Waals surface area contributed by atoms with E-state index < -0.39 is 0 Å². The van der Waals surface area contributed by atoms with E-state index in [1.54, 1.807) is 6.92 Å². The summed E-state index contributed by atoms with van der Waals surface area (Å²) < 4.78 is 0. The highest BCUT2D eigenvalue weighted by atomic mass is 15.6. The van der Waals surface area contributed by atoms with Crippen molar-refractivity contribution in [2.75, 3.05) is 18.0 Å². The van der Waals surface area contributed by atoms with Crippen LogP contribution in [0.3, 0.4) is 0 Å². The number of fused-ring (bicyclic) bond motifs is 3. The molecule has 338 valence electrons. The fourth-order valence-electron chi connectivity index (χ4n) is 6.93. The maximum atomic E-state index is 6.76. The monoisotopic (exact) mass is 895 g/mol. The van der Waals surface area contributed by atoms with E-state index in [2.05, 4.69) is 226 Å². The molecular formula is C55H53N13. The van der Waals surface area contributed by atoms with E-state index in [9.17, 15) is 0 Å². The van der Waals surface area contributed by atoms with E-state index in [1.165, 1.54) is 11.1 Å². The van der Waals surface area contributed by atoms with E-state index in [-0.39, 0.29) is 25.7 Å². The summed E-state index contributed by atoms with van der Waals surface area (Å²) in [4.78, 5) is 21.5. The number of nitrogens with zero attached hydrogens (tertiary/aromatic N) is 10. The molecule has 4 heterocycles. The van der Waals surface area contributed by atoms with Crippen LogP contribution in [-0.2, 0) is 13.0 Å². The van der Waals surface area contributed by atoms with Crippen LogP contribution in [0.4, 0.5) is 5.82 Å². The van der Waals surface area contributed by atoms with Gasteiger partial charge in [0.1, 0.15) is 11.5 Å². The number of hydrogen-bond acceptors (Lipinski definition) is 8. The molecule has 5 N–H and O–H groups in total. The Hall–Kier alpha value is -10.8. The molecule has 0 saturated carbocycles. The van der Waals surface area contributed by atoms with Crippen LogP contribution in [0.15, 0.2) is 98.1 Å². The highest BCUT2D eigenvalue weighted by Crippen LogP contribution is 2.51. The molecule has 1 atom stereocenters. The zero-order valence-electron chi connectivity index (χ0n) is 36.4. The van der Waals surface area contributed by atoms with Crippen LogP contribution in [0.5, 0.6) is 0 Å². The number of aliphatic imine (C=N–C) groups is 1. The van der Waals surface area contributed by atoms with E-state index in [4.69, 9.17) is 32.6 Å². The molecule has 3 aliphatic rings. The van der Waals surface area contributed by atoms with Crippen molar-refractivity contribution >= 4 is 22.4 Å². The van der Waals surface area contributed by atoms with Gasteiger partial charge < -0.3 is 16.5 Å². The molecule has 1 saturated heterocycles. The second-order valence-corrected chi connectivity index (χ2v) is 13.5. The molecule has 2 aromatic heterocycles. The van der Waals surface area contributed by atoms with Gasteiger partial charge in [-0.05, 0) is 170 Å². The van der Waals surface area contributed by atoms with Gasteiger partial charge in [-0.25, -0.2) is 9.97 Å². The molecule has 13 heteroatoms. The SMILES string of the molecule is C#CC#CC#CC#CC#CC#CC#CC#CC#CC#CC#CC#CC#CC.N=N/N=N/N=N/N.N[C@@H]1c2ccccc2CC12CCN(c1cnc3c(n1)CN=C3c1cccc3ncccc13)CC2.[HH].[HH].[HH].[HH].[HH].[HH].[HH].[HH].[HH].[HH]. The van der Waals surface area contributed by atoms with Crippen molar-refractivity contribution in [3.63, 3.8) is 0 Å². The van der Waals surface area contributed by atoms with Crippen molar-refractivity contribution in [2.45, 2.75) is 38.8 Å². The summed E-state index contributed by atoms with van der Waals surface area (Å²) in [6, 6.07) is 19.0. The lowest BCUT2D eigenvalue weighted by Gasteiger charge is -2.42. The van der Waals surface area contributed by atoms with Crippen LogP contribution in [0.2, 0.25) is 0 Å². The lowest BCUT2D eigenvalue weighted by molar-refractivity contribution is 0.187. The average Bonchev–Trinajstić information content (AvgIpc) is 3.92. The summed E-state index contributed by atoms with van der Waals surface area (Å²) in [6.07, 6.45) is 11.9. The number of terminal acetylenes is 1. The molecule has 4 aromatic rings. The third-order valence-electron chi connectivity index (χ3n) is 9.77. The molecule has 1 fully saturated rings. The first-order valence-electron chi connectivity index (χ1n) is 20.1. The quantitative estimate of drug-likeness (QED) is 0.0805. The molecule has 1 aliphatic carbocycles. The van der Waals surface area contributed by atoms with Gasteiger partial charge in [-0.2, -0.15) is 5.53 Å². The molecule has 0 amide bonds. The maximum absolute atomic E-state index is 6.76. The smallest absolute Gasteiger partial charge is 0.147 e. The Bertz CT molecular complexity index is 3570. The van der Waals surface area contributed by atoms with E-state index >= 15 is 0 Å². The molecule has 7 rings (SSSR count). The number of hydrogen-bond donors (Lipinski definition) is 3. The number of benzene rings is 2. The highest BCUT2D eigenvalue weighted by molar-refractivity contribution is 6.19. The standard InChI is InChI=1S/C28H26N6.C27H4.H3N7.10H2/c29-27-19-6-2-1-5-18(19)15-28(27)10-13-34(14-11-28)24-17-32-26-23(33-24)16-31-25(26)21-7-3-9-22-20(21)8-4-12-30-22;1-3-5-7-9-11-13-15-17-19-21-23-25-27-26-24-22-20-18-16-14-12-10-8-6-4-2;1-3-5-7-6-4-2;;;;;;;;;;/h1-9,12,17,27H,10-11,13-16,29H2;1H,2H3;(H3,1,2,5,6);10*1H/t27-;;;;;;;;;;;;/m1............/s1. The van der Waals surface area contributed by atoms with Gasteiger partial charge in [0.25, 0.3) is 0 Å². The van der Waals surface area contributed by atoms with E-state index in [1.807, 2.05) is 30.6 Å². The third-order valence-corrected chi connectivity index (χ3v) is 9.77. The zero-order valence-corrected chi connectivity index (χ0v) is 36.4. The largest absolute Gasteiger partial charge is 0.355 e. The molecule has 0 unspecified atom stereocenters. The van der Waals surface area contributed by atoms with Crippen molar-refractivity contribution in [3.05, 3.63) is 95.1 Å². The molecule has 1 spiro atoms. The number of aromatic nitrogens is 3. The summed E-state index contributed by atoms with van der Waals surface area (Å²) >= 11 is 0. The van der Waals surface area contributed by atoms with Gasteiger partial charge in [0, 0.05) is 97.9 Å². The van der Waals surface area contributed by atoms with Crippen LogP contribution >= 0.6 is 0 Å². The minimum absolute atomic E-state index is 0. The predicted molar refractivity (Wildman–Crippen MR) is 282 cm³/mol. The minimum atomic E-state index is 0. The van der Waals surface area contributed by atoms with Gasteiger partial charge in [0.2, 0.25) is 0 Å². The number of piperidine rings is 1. The summed E-state index contributed by atoms with van der Waals surface area (Å²) in [5.41, 5.74) is 20.5. The Kier molecular flexibility index (Phi) is 19.4. The van der Waals surface area contributed by atoms with E-state index in [0.29, 0.717) is 6.54 Å². The maximum Gasteiger partial charge on any atom is 0.147 e. The minimum Gasteiger partial charge on any atom is -0.355 e. The summed E-state index contributed by atoms with van der Waals surface area (Å²) in [5, 5.41) is 14.6. The Balaban J connectivity index is -0.000000271.